The molecule has 0 saturated carbocycles. The number of hydrogen-bond donors (Lipinski definition) is 2. The molecule has 3 aromatic heterocycles. The van der Waals surface area contributed by atoms with Gasteiger partial charge in [0.1, 0.15) is 0 Å². The Balaban J connectivity index is 1.28. The summed E-state index contributed by atoms with van der Waals surface area (Å²) in [5, 5.41) is 18.7. The van der Waals surface area contributed by atoms with Gasteiger partial charge in [-0.25, -0.2) is 9.97 Å². The van der Waals surface area contributed by atoms with Crippen LogP contribution in [0.3, 0.4) is 0 Å². The number of rotatable bonds is 6. The van der Waals surface area contributed by atoms with Crippen LogP contribution in [0, 0.1) is 0 Å². The van der Waals surface area contributed by atoms with Gasteiger partial charge in [0, 0.05) is 56.2 Å². The van der Waals surface area contributed by atoms with Crippen LogP contribution in [-0.4, -0.2) is 73.1 Å². The largest absolute Gasteiger partial charge is 0.416 e. The monoisotopic (exact) mass is 557 g/mol. The molecule has 0 unspecified atom stereocenters. The molecule has 4 aromatic rings. The van der Waals surface area contributed by atoms with E-state index in [9.17, 15) is 4.79 Å². The molecular weight excluding hydrogens is 522 g/mol. The number of aryl methyl sites for hydroxylation is 1. The van der Waals surface area contributed by atoms with Gasteiger partial charge in [-0.05, 0) is 36.1 Å². The van der Waals surface area contributed by atoms with Gasteiger partial charge in [-0.1, -0.05) is 32.9 Å². The zero-order chi connectivity index (χ0) is 28.6. The van der Waals surface area contributed by atoms with Crippen molar-refractivity contribution in [3.63, 3.8) is 0 Å². The lowest BCUT2D eigenvalue weighted by Gasteiger charge is -2.29. The minimum Gasteiger partial charge on any atom is -0.416 e. The average molecular weight is 558 g/mol. The van der Waals surface area contributed by atoms with Crippen LogP contribution < -0.4 is 10.6 Å². The molecule has 0 radical (unpaired) electrons. The van der Waals surface area contributed by atoms with E-state index in [1.807, 2.05) is 46.1 Å². The Bertz CT molecular complexity index is 1530. The molecule has 41 heavy (non-hydrogen) atoms. The number of nitrogens with one attached hydrogen (secondary N) is 2. The second kappa shape index (κ2) is 11.0. The summed E-state index contributed by atoms with van der Waals surface area (Å²) in [5.74, 6) is 0.528. The third-order valence-corrected chi connectivity index (χ3v) is 7.50. The summed E-state index contributed by atoms with van der Waals surface area (Å²) in [5.41, 5.74) is 4.50. The van der Waals surface area contributed by atoms with Crippen LogP contribution in [0.15, 0.2) is 47.3 Å². The molecule has 2 atom stereocenters. The number of hydrogen-bond acceptors (Lipinski definition) is 10. The maximum atomic E-state index is 13.3. The smallest absolute Gasteiger partial charge is 0.309 e. The minimum atomic E-state index is -0.375. The third-order valence-electron chi connectivity index (χ3n) is 7.50. The van der Waals surface area contributed by atoms with Gasteiger partial charge in [-0.15, -0.1) is 10.2 Å². The first-order chi connectivity index (χ1) is 19.7. The Kier molecular flexibility index (Phi) is 7.26. The second-order valence-corrected chi connectivity index (χ2v) is 11.7. The van der Waals surface area contributed by atoms with E-state index in [2.05, 4.69) is 47.9 Å². The van der Waals surface area contributed by atoms with Crippen molar-refractivity contribution in [1.82, 2.24) is 40.2 Å². The third kappa shape index (κ3) is 5.98. The first-order valence-electron chi connectivity index (χ1n) is 13.9. The average Bonchev–Trinajstić information content (AvgIpc) is 3.71. The molecule has 2 aliphatic heterocycles. The van der Waals surface area contributed by atoms with Crippen molar-refractivity contribution in [1.29, 1.82) is 0 Å². The predicted molar refractivity (Wildman–Crippen MR) is 152 cm³/mol. The lowest BCUT2D eigenvalue weighted by molar-refractivity contribution is 0.0873. The maximum Gasteiger partial charge on any atom is 0.309 e. The first kappa shape index (κ1) is 27.0. The minimum absolute atomic E-state index is 0.0253. The SMILES string of the molecule is Cn1cc(Nc2nccc(-c3ccc4c(c3)CCN([C@H]3CCOC3)C[C@H]4NC(=O)c3nnc(C(C)(C)C)o3)n2)cn1. The standard InChI is InChI=1S/C29H35N9O3/c1-29(2,3)27-36-35-26(41-27)25(39)33-24-16-38(21-9-12-40-17-21)11-8-18-13-19(5-6-22(18)24)23-7-10-30-28(34-23)32-20-14-31-37(4)15-20/h5-7,10,13-15,21,24H,8-9,11-12,16-17H2,1-4H3,(H,33,39)(H,30,32,34)/t21-,24+/m0/s1. The van der Waals surface area contributed by atoms with Crippen LogP contribution >= 0.6 is 0 Å². The topological polar surface area (TPSA) is 136 Å². The lowest BCUT2D eigenvalue weighted by atomic mass is 9.96. The Morgan fingerprint density at radius 1 is 1.17 bits per heavy atom. The Labute approximate surface area is 238 Å². The predicted octanol–water partition coefficient (Wildman–Crippen LogP) is 3.42. The molecule has 2 N–H and O–H groups in total. The summed E-state index contributed by atoms with van der Waals surface area (Å²) in [4.78, 5) is 24.8. The Hall–Kier alpha value is -4.16. The fourth-order valence-electron chi connectivity index (χ4n) is 5.31. The van der Waals surface area contributed by atoms with Gasteiger partial charge in [0.2, 0.25) is 11.8 Å². The number of aromatic nitrogens is 6. The van der Waals surface area contributed by atoms with Crippen molar-refractivity contribution < 1.29 is 13.9 Å². The van der Waals surface area contributed by atoms with Crippen LogP contribution in [-0.2, 0) is 23.6 Å². The Morgan fingerprint density at radius 2 is 2.05 bits per heavy atom. The number of nitrogens with zero attached hydrogens (tertiary/aromatic N) is 7. The summed E-state index contributed by atoms with van der Waals surface area (Å²) in [6.45, 7) is 8.90. The first-order valence-corrected chi connectivity index (χ1v) is 13.9. The van der Waals surface area contributed by atoms with Crippen LogP contribution in [0.25, 0.3) is 11.3 Å². The molecule has 0 spiro atoms. The van der Waals surface area contributed by atoms with Gasteiger partial charge in [-0.3, -0.25) is 14.4 Å². The normalized spacial score (nSPS) is 19.5. The number of benzene rings is 1. The molecule has 0 aliphatic carbocycles. The summed E-state index contributed by atoms with van der Waals surface area (Å²) < 4.78 is 13.1. The molecule has 12 nitrogen and oxygen atoms in total. The molecule has 5 heterocycles. The van der Waals surface area contributed by atoms with E-state index in [-0.39, 0.29) is 23.3 Å². The van der Waals surface area contributed by atoms with Gasteiger partial charge in [0.05, 0.1) is 30.2 Å². The molecule has 214 valence electrons. The second-order valence-electron chi connectivity index (χ2n) is 11.7. The maximum absolute atomic E-state index is 13.3. The van der Waals surface area contributed by atoms with Crippen molar-refractivity contribution in [3.8, 4) is 11.3 Å². The lowest BCUT2D eigenvalue weighted by Crippen LogP contribution is -2.42. The van der Waals surface area contributed by atoms with Crippen LogP contribution in [0.5, 0.6) is 0 Å². The van der Waals surface area contributed by atoms with Crippen molar-refractivity contribution in [3.05, 3.63) is 65.8 Å². The summed E-state index contributed by atoms with van der Waals surface area (Å²) >= 11 is 0. The number of ether oxygens (including phenoxy) is 1. The number of carbonyl (C=O) groups excluding carboxylic acids is 1. The molecule has 1 fully saturated rings. The Morgan fingerprint density at radius 3 is 2.78 bits per heavy atom. The number of carbonyl (C=O) groups is 1. The molecule has 1 saturated heterocycles. The quantitative estimate of drug-likeness (QED) is 0.363. The van der Waals surface area contributed by atoms with Crippen molar-refractivity contribution in [2.24, 2.45) is 7.05 Å². The molecule has 1 amide bonds. The molecule has 0 bridgehead atoms. The number of fused-ring (bicyclic) bond motifs is 1. The van der Waals surface area contributed by atoms with E-state index in [4.69, 9.17) is 14.1 Å². The molecule has 6 rings (SSSR count). The number of anilines is 2. The van der Waals surface area contributed by atoms with Crippen molar-refractivity contribution >= 4 is 17.5 Å². The van der Waals surface area contributed by atoms with Crippen LogP contribution in [0.1, 0.15) is 60.9 Å². The fraction of sp³-hybridized carbons (Fsp3) is 0.448. The van der Waals surface area contributed by atoms with Gasteiger partial charge in [0.25, 0.3) is 0 Å². The van der Waals surface area contributed by atoms with E-state index >= 15 is 0 Å². The highest BCUT2D eigenvalue weighted by Crippen LogP contribution is 2.31. The fourth-order valence-corrected chi connectivity index (χ4v) is 5.31. The molecule has 2 aliphatic rings. The van der Waals surface area contributed by atoms with Gasteiger partial charge >= 0.3 is 11.8 Å². The summed E-state index contributed by atoms with van der Waals surface area (Å²) in [7, 11) is 1.86. The van der Waals surface area contributed by atoms with Crippen molar-refractivity contribution in [2.75, 3.05) is 31.6 Å². The highest BCUT2D eigenvalue weighted by Gasteiger charge is 2.32. The van der Waals surface area contributed by atoms with E-state index in [1.165, 1.54) is 0 Å². The van der Waals surface area contributed by atoms with Crippen LogP contribution in [0.2, 0.25) is 0 Å². The highest BCUT2D eigenvalue weighted by atomic mass is 16.5. The van der Waals surface area contributed by atoms with E-state index in [0.29, 0.717) is 31.0 Å². The van der Waals surface area contributed by atoms with Crippen LogP contribution in [0.4, 0.5) is 11.6 Å². The summed E-state index contributed by atoms with van der Waals surface area (Å²) in [6, 6.07) is 8.28. The highest BCUT2D eigenvalue weighted by molar-refractivity contribution is 5.89. The zero-order valence-corrected chi connectivity index (χ0v) is 23.8. The van der Waals surface area contributed by atoms with E-state index in [0.717, 1.165) is 54.1 Å². The summed E-state index contributed by atoms with van der Waals surface area (Å²) in [6.07, 6.45) is 7.16. The van der Waals surface area contributed by atoms with Gasteiger partial charge in [-0.2, -0.15) is 5.10 Å². The van der Waals surface area contributed by atoms with Gasteiger partial charge < -0.3 is 19.8 Å². The van der Waals surface area contributed by atoms with E-state index < -0.39 is 0 Å². The molecular formula is C29H35N9O3. The van der Waals surface area contributed by atoms with Crippen molar-refractivity contribution in [2.45, 2.75) is 51.1 Å². The zero-order valence-electron chi connectivity index (χ0n) is 23.8. The molecule has 1 aromatic carbocycles. The number of amides is 1. The van der Waals surface area contributed by atoms with E-state index in [1.54, 1.807) is 17.1 Å². The van der Waals surface area contributed by atoms with Gasteiger partial charge in [0.15, 0.2) is 0 Å². The molecule has 12 heteroatoms.